The molecular formula is C31H56Si. The molecule has 184 valence electrons. The molecule has 0 aromatic rings. The number of hydrogen-bond donors (Lipinski definition) is 0. The van der Waals surface area contributed by atoms with E-state index in [1.54, 1.807) is 44.6 Å². The van der Waals surface area contributed by atoms with Crippen LogP contribution in [0, 0.1) is 46.3 Å². The van der Waals surface area contributed by atoms with Crippen molar-refractivity contribution in [1.29, 1.82) is 0 Å². The number of rotatable bonds is 5. The second-order valence-corrected chi connectivity index (χ2v) is 20.2. The summed E-state index contributed by atoms with van der Waals surface area (Å²) in [6, 6.07) is 1.54. The van der Waals surface area contributed by atoms with Crippen LogP contribution in [0.3, 0.4) is 0 Å². The Kier molecular flexibility index (Phi) is 7.20. The Hall–Kier alpha value is -0.0431. The molecule has 0 N–H and O–H groups in total. The van der Waals surface area contributed by atoms with E-state index >= 15 is 0 Å². The summed E-state index contributed by atoms with van der Waals surface area (Å²) < 4.78 is 0. The maximum absolute atomic E-state index is 4.19. The quantitative estimate of drug-likeness (QED) is 0.285. The third-order valence-electron chi connectivity index (χ3n) is 11.8. The van der Waals surface area contributed by atoms with E-state index in [2.05, 4.69) is 60.7 Å². The number of hydrogen-bond acceptors (Lipinski definition) is 0. The first kappa shape index (κ1) is 25.1. The van der Waals surface area contributed by atoms with Gasteiger partial charge in [-0.2, -0.15) is 0 Å². The van der Waals surface area contributed by atoms with Gasteiger partial charge in [0.05, 0.1) is 8.07 Å². The smallest absolute Gasteiger partial charge is 0.0575 e. The van der Waals surface area contributed by atoms with Crippen molar-refractivity contribution in [3.63, 3.8) is 0 Å². The maximum atomic E-state index is 4.19. The molecule has 0 aliphatic heterocycles. The fraction of sp³-hybridized carbons (Fsp3) is 0.935. The fourth-order valence-electron chi connectivity index (χ4n) is 9.86. The predicted octanol–water partition coefficient (Wildman–Crippen LogP) is 10.1. The van der Waals surface area contributed by atoms with Gasteiger partial charge in [0.15, 0.2) is 0 Å². The Morgan fingerprint density at radius 2 is 1.19 bits per heavy atom. The van der Waals surface area contributed by atoms with Crippen LogP contribution in [0.5, 0.6) is 0 Å². The van der Waals surface area contributed by atoms with Crippen molar-refractivity contribution in [2.75, 3.05) is 0 Å². The van der Waals surface area contributed by atoms with Gasteiger partial charge in [-0.25, -0.2) is 0 Å². The lowest BCUT2D eigenvalue weighted by Crippen LogP contribution is -2.47. The van der Waals surface area contributed by atoms with E-state index in [-0.39, 0.29) is 0 Å². The third kappa shape index (κ3) is 4.59. The standard InChI is InChI=1S/C31H56Si/c1-9-10-19-32(8,24-13-11-12-14-24)29-27-20-22(30(2,3)4)15-17-25(27)26-18-16-23(21-28(26)29)31(5,6)7/h9,22-29H,1,10-21H2,2-8H3. The molecular weight excluding hydrogens is 400 g/mol. The van der Waals surface area contributed by atoms with Crippen LogP contribution in [0.1, 0.15) is 112 Å². The van der Waals surface area contributed by atoms with E-state index in [9.17, 15) is 0 Å². The summed E-state index contributed by atoms with van der Waals surface area (Å²) in [5, 5.41) is 0. The van der Waals surface area contributed by atoms with Gasteiger partial charge in [-0.3, -0.25) is 0 Å². The Morgan fingerprint density at radius 1 is 0.719 bits per heavy atom. The van der Waals surface area contributed by atoms with Gasteiger partial charge in [0.2, 0.25) is 0 Å². The van der Waals surface area contributed by atoms with Crippen LogP contribution in [-0.4, -0.2) is 8.07 Å². The summed E-state index contributed by atoms with van der Waals surface area (Å²) in [7, 11) is -1.37. The second kappa shape index (κ2) is 9.20. The fourth-order valence-corrected chi connectivity index (χ4v) is 16.4. The molecule has 0 amide bonds. The molecule has 0 radical (unpaired) electrons. The lowest BCUT2D eigenvalue weighted by molar-refractivity contribution is 0.0722. The van der Waals surface area contributed by atoms with E-state index in [0.717, 1.165) is 46.6 Å². The van der Waals surface area contributed by atoms with Gasteiger partial charge in [0.1, 0.15) is 0 Å². The maximum Gasteiger partial charge on any atom is 0.0575 e. The first-order valence-electron chi connectivity index (χ1n) is 14.6. The van der Waals surface area contributed by atoms with Crippen molar-refractivity contribution in [3.05, 3.63) is 12.7 Å². The van der Waals surface area contributed by atoms with Crippen molar-refractivity contribution in [1.82, 2.24) is 0 Å². The van der Waals surface area contributed by atoms with Crippen LogP contribution in [0.2, 0.25) is 23.7 Å². The molecule has 0 bridgehead atoms. The minimum atomic E-state index is -1.37. The van der Waals surface area contributed by atoms with Crippen molar-refractivity contribution >= 4 is 8.07 Å². The summed E-state index contributed by atoms with van der Waals surface area (Å²) in [5.41, 5.74) is 3.19. The molecule has 4 aliphatic rings. The van der Waals surface area contributed by atoms with Crippen LogP contribution < -0.4 is 0 Å². The Balaban J connectivity index is 1.72. The molecule has 4 aliphatic carbocycles. The highest BCUT2D eigenvalue weighted by Crippen LogP contribution is 2.68. The summed E-state index contributed by atoms with van der Waals surface area (Å²) in [5.74, 6) is 6.16. The van der Waals surface area contributed by atoms with Gasteiger partial charge < -0.3 is 0 Å². The zero-order chi connectivity index (χ0) is 23.3. The van der Waals surface area contributed by atoms with Crippen molar-refractivity contribution in [3.8, 4) is 0 Å². The van der Waals surface area contributed by atoms with E-state index in [1.807, 2.05) is 0 Å². The topological polar surface area (TPSA) is 0 Å². The predicted molar refractivity (Wildman–Crippen MR) is 145 cm³/mol. The average molecular weight is 457 g/mol. The van der Waals surface area contributed by atoms with Gasteiger partial charge in [-0.15, -0.1) is 6.58 Å². The molecule has 4 saturated carbocycles. The van der Waals surface area contributed by atoms with E-state index in [4.69, 9.17) is 0 Å². The molecule has 0 aromatic carbocycles. The van der Waals surface area contributed by atoms with Gasteiger partial charge in [-0.1, -0.05) is 85.9 Å². The second-order valence-electron chi connectivity index (χ2n) is 15.2. The molecule has 0 heterocycles. The van der Waals surface area contributed by atoms with Gasteiger partial charge in [-0.05, 0) is 102 Å². The summed E-state index contributed by atoms with van der Waals surface area (Å²) >= 11 is 0. The molecule has 7 unspecified atom stereocenters. The highest BCUT2D eigenvalue weighted by Gasteiger charge is 2.61. The van der Waals surface area contributed by atoms with Gasteiger partial charge in [0.25, 0.3) is 0 Å². The highest BCUT2D eigenvalue weighted by molar-refractivity contribution is 6.81. The number of fused-ring (bicyclic) bond motifs is 3. The van der Waals surface area contributed by atoms with E-state index in [0.29, 0.717) is 10.8 Å². The summed E-state index contributed by atoms with van der Waals surface area (Å²) in [6.45, 7) is 22.3. The normalized spacial score (nSPS) is 40.5. The molecule has 1 heteroatoms. The minimum Gasteiger partial charge on any atom is -0.103 e. The third-order valence-corrected chi connectivity index (χ3v) is 18.0. The lowest BCUT2D eigenvalue weighted by Gasteiger charge is -2.49. The summed E-state index contributed by atoms with van der Waals surface area (Å²) in [4.78, 5) is 0. The zero-order valence-corrected chi connectivity index (χ0v) is 23.9. The van der Waals surface area contributed by atoms with Crippen LogP contribution in [0.25, 0.3) is 0 Å². The summed E-state index contributed by atoms with van der Waals surface area (Å²) in [6.07, 6.45) is 19.0. The number of allylic oxidation sites excluding steroid dienone is 1. The molecule has 4 rings (SSSR count). The monoisotopic (exact) mass is 456 g/mol. The van der Waals surface area contributed by atoms with Crippen molar-refractivity contribution in [2.24, 2.45) is 46.3 Å². The Bertz CT molecular complexity index is 606. The highest BCUT2D eigenvalue weighted by atomic mass is 28.3. The van der Waals surface area contributed by atoms with E-state index in [1.165, 1.54) is 32.1 Å². The molecule has 0 aromatic heterocycles. The SMILES string of the molecule is C=CCC[Si](C)(C1CCCC1)C1C2CC(C(C)(C)C)CCC2C2CCC(C(C)(C)C)CC21. The molecule has 0 spiro atoms. The molecule has 0 nitrogen and oxygen atoms in total. The molecule has 7 atom stereocenters. The molecule has 4 fully saturated rings. The average Bonchev–Trinajstić information content (AvgIpc) is 3.36. The zero-order valence-electron chi connectivity index (χ0n) is 22.9. The first-order chi connectivity index (χ1) is 15.0. The minimum absolute atomic E-state index is 0.490. The van der Waals surface area contributed by atoms with Crippen LogP contribution in [0.4, 0.5) is 0 Å². The molecule has 32 heavy (non-hydrogen) atoms. The van der Waals surface area contributed by atoms with E-state index < -0.39 is 8.07 Å². The largest absolute Gasteiger partial charge is 0.103 e. The van der Waals surface area contributed by atoms with Crippen molar-refractivity contribution in [2.45, 2.75) is 136 Å². The van der Waals surface area contributed by atoms with Crippen molar-refractivity contribution < 1.29 is 0 Å². The Labute approximate surface area is 202 Å². The molecule has 0 saturated heterocycles. The van der Waals surface area contributed by atoms with Gasteiger partial charge >= 0.3 is 0 Å². The first-order valence-corrected chi connectivity index (χ1v) is 17.4. The van der Waals surface area contributed by atoms with Gasteiger partial charge in [0, 0.05) is 0 Å². The van der Waals surface area contributed by atoms with Crippen LogP contribution in [0.15, 0.2) is 12.7 Å². The van der Waals surface area contributed by atoms with Crippen LogP contribution >= 0.6 is 0 Å². The lowest BCUT2D eigenvalue weighted by atomic mass is 9.62. The Morgan fingerprint density at radius 3 is 1.59 bits per heavy atom. The van der Waals surface area contributed by atoms with Crippen LogP contribution in [-0.2, 0) is 0 Å².